The molecule has 5 nitrogen and oxygen atoms in total. The summed E-state index contributed by atoms with van der Waals surface area (Å²) in [5.41, 5.74) is 9.21. The number of amides is 1. The van der Waals surface area contributed by atoms with Gasteiger partial charge in [-0.05, 0) is 0 Å². The van der Waals surface area contributed by atoms with Crippen molar-refractivity contribution in [1.82, 2.24) is 9.78 Å². The minimum atomic E-state index is -4.45. The van der Waals surface area contributed by atoms with Crippen LogP contribution in [0, 0.1) is 0 Å². The van der Waals surface area contributed by atoms with Crippen molar-refractivity contribution in [1.29, 1.82) is 0 Å². The summed E-state index contributed by atoms with van der Waals surface area (Å²) in [5, 5.41) is 3.41. The van der Waals surface area contributed by atoms with Crippen LogP contribution in [0.4, 0.5) is 13.2 Å². The summed E-state index contributed by atoms with van der Waals surface area (Å²) in [6, 6.07) is -1.05. The van der Waals surface area contributed by atoms with E-state index in [1.54, 1.807) is 0 Å². The van der Waals surface area contributed by atoms with E-state index in [1.165, 1.54) is 0 Å². The minimum absolute atomic E-state index is 0.175. The molecule has 0 spiro atoms. The lowest BCUT2D eigenvalue weighted by molar-refractivity contribution is -0.137. The number of carbonyl (C=O) groups excluding carboxylic acids is 1. The van der Waals surface area contributed by atoms with Crippen molar-refractivity contribution in [2.75, 3.05) is 0 Å². The average Bonchev–Trinajstić information content (AvgIpc) is 2.51. The first-order valence-corrected chi connectivity index (χ1v) is 3.95. The lowest BCUT2D eigenvalue weighted by atomic mass is 10.3. The second-order valence-corrected chi connectivity index (χ2v) is 2.96. The molecule has 84 valence electrons. The van der Waals surface area contributed by atoms with Gasteiger partial charge < -0.3 is 11.5 Å². The number of carbonyl (C=O) groups is 1. The molecule has 1 aromatic rings. The number of nitrogens with two attached hydrogens (primary N) is 2. The maximum Gasteiger partial charge on any atom is 0.419 e. The fourth-order valence-corrected chi connectivity index (χ4v) is 0.901. The van der Waals surface area contributed by atoms with Crippen LogP contribution in [0.5, 0.6) is 0 Å². The second-order valence-electron chi connectivity index (χ2n) is 2.96. The summed E-state index contributed by atoms with van der Waals surface area (Å²) in [6.07, 6.45) is -3.02. The topological polar surface area (TPSA) is 86.9 Å². The number of alkyl halides is 3. The number of hydrogen-bond acceptors (Lipinski definition) is 3. The Bertz CT molecular complexity index is 359. The van der Waals surface area contributed by atoms with E-state index in [4.69, 9.17) is 11.5 Å². The van der Waals surface area contributed by atoms with Gasteiger partial charge in [0.15, 0.2) is 0 Å². The van der Waals surface area contributed by atoms with Crippen LogP contribution >= 0.6 is 0 Å². The van der Waals surface area contributed by atoms with E-state index in [0.717, 1.165) is 10.9 Å². The molecule has 1 rings (SSSR count). The molecule has 0 aromatic carbocycles. The molecule has 0 radical (unpaired) electrons. The molecular formula is C7H9F3N4O. The predicted molar refractivity (Wildman–Crippen MR) is 44.4 cm³/mol. The monoisotopic (exact) mass is 222 g/mol. The Morgan fingerprint density at radius 3 is 2.60 bits per heavy atom. The Morgan fingerprint density at radius 2 is 2.20 bits per heavy atom. The Morgan fingerprint density at radius 1 is 1.60 bits per heavy atom. The third kappa shape index (κ3) is 2.94. The summed E-state index contributed by atoms with van der Waals surface area (Å²) in [5.74, 6) is -0.793. The summed E-state index contributed by atoms with van der Waals surface area (Å²) in [4.78, 5) is 10.5. The Labute approximate surface area is 82.8 Å². The van der Waals surface area contributed by atoms with Crippen LogP contribution in [0.15, 0.2) is 12.4 Å². The Kier molecular flexibility index (Phi) is 2.98. The number of nitrogens with zero attached hydrogens (tertiary/aromatic N) is 2. The molecule has 0 bridgehead atoms. The lowest BCUT2D eigenvalue weighted by Crippen LogP contribution is -2.39. The third-order valence-corrected chi connectivity index (χ3v) is 1.71. The molecule has 0 fully saturated rings. The Hall–Kier alpha value is -1.57. The van der Waals surface area contributed by atoms with Crippen molar-refractivity contribution in [3.8, 4) is 0 Å². The molecule has 0 saturated heterocycles. The van der Waals surface area contributed by atoms with Crippen molar-refractivity contribution >= 4 is 5.91 Å². The van der Waals surface area contributed by atoms with Gasteiger partial charge in [-0.25, -0.2) is 0 Å². The lowest BCUT2D eigenvalue weighted by Gasteiger charge is -2.06. The highest BCUT2D eigenvalue weighted by Gasteiger charge is 2.32. The van der Waals surface area contributed by atoms with Gasteiger partial charge in [-0.1, -0.05) is 0 Å². The molecule has 0 aliphatic carbocycles. The summed E-state index contributed by atoms with van der Waals surface area (Å²) in [7, 11) is 0. The van der Waals surface area contributed by atoms with Crippen LogP contribution in [0.2, 0.25) is 0 Å². The Balaban J connectivity index is 2.73. The van der Waals surface area contributed by atoms with Crippen LogP contribution in [0.3, 0.4) is 0 Å². The van der Waals surface area contributed by atoms with E-state index in [9.17, 15) is 18.0 Å². The average molecular weight is 222 g/mol. The van der Waals surface area contributed by atoms with Gasteiger partial charge in [0.2, 0.25) is 5.91 Å². The van der Waals surface area contributed by atoms with Crippen LogP contribution in [-0.2, 0) is 17.5 Å². The van der Waals surface area contributed by atoms with E-state index in [2.05, 4.69) is 5.10 Å². The highest BCUT2D eigenvalue weighted by atomic mass is 19.4. The maximum atomic E-state index is 12.1. The standard InChI is InChI=1S/C7H9F3N4O/c8-7(9,10)4-1-13-14(2-4)3-5(11)6(12)15/h1-2,5H,3,11H2,(H2,12,15). The fourth-order valence-electron chi connectivity index (χ4n) is 0.901. The molecule has 1 unspecified atom stereocenters. The first-order valence-electron chi connectivity index (χ1n) is 3.95. The molecule has 0 aliphatic rings. The number of primary amides is 1. The summed E-state index contributed by atoms with van der Waals surface area (Å²) >= 11 is 0. The first kappa shape index (κ1) is 11.5. The van der Waals surface area contributed by atoms with Gasteiger partial charge in [-0.2, -0.15) is 18.3 Å². The van der Waals surface area contributed by atoms with Gasteiger partial charge in [0.25, 0.3) is 0 Å². The SMILES string of the molecule is NC(=O)C(N)Cn1cc(C(F)(F)F)cn1. The van der Waals surface area contributed by atoms with E-state index < -0.39 is 23.7 Å². The van der Waals surface area contributed by atoms with Crippen molar-refractivity contribution in [3.63, 3.8) is 0 Å². The van der Waals surface area contributed by atoms with Gasteiger partial charge in [0.05, 0.1) is 18.3 Å². The fraction of sp³-hybridized carbons (Fsp3) is 0.429. The largest absolute Gasteiger partial charge is 0.419 e. The molecule has 8 heteroatoms. The van der Waals surface area contributed by atoms with Gasteiger partial charge >= 0.3 is 6.18 Å². The molecule has 4 N–H and O–H groups in total. The highest BCUT2D eigenvalue weighted by molar-refractivity contribution is 5.79. The van der Waals surface area contributed by atoms with Gasteiger partial charge in [0, 0.05) is 6.20 Å². The van der Waals surface area contributed by atoms with Crippen LogP contribution in [0.25, 0.3) is 0 Å². The molecule has 15 heavy (non-hydrogen) atoms. The van der Waals surface area contributed by atoms with Crippen LogP contribution < -0.4 is 11.5 Å². The third-order valence-electron chi connectivity index (χ3n) is 1.71. The molecule has 0 aliphatic heterocycles. The van der Waals surface area contributed by atoms with Crippen molar-refractivity contribution in [2.45, 2.75) is 18.8 Å². The molecular weight excluding hydrogens is 213 g/mol. The first-order chi connectivity index (χ1) is 6.80. The van der Waals surface area contributed by atoms with Gasteiger partial charge in [0.1, 0.15) is 6.04 Å². The summed E-state index contributed by atoms with van der Waals surface area (Å²) in [6.45, 7) is -0.175. The van der Waals surface area contributed by atoms with E-state index in [0.29, 0.717) is 6.20 Å². The zero-order valence-corrected chi connectivity index (χ0v) is 7.53. The van der Waals surface area contributed by atoms with Crippen LogP contribution in [0.1, 0.15) is 5.56 Å². The highest BCUT2D eigenvalue weighted by Crippen LogP contribution is 2.28. The van der Waals surface area contributed by atoms with E-state index in [-0.39, 0.29) is 6.54 Å². The quantitative estimate of drug-likeness (QED) is 0.737. The zero-order chi connectivity index (χ0) is 11.6. The molecule has 1 heterocycles. The smallest absolute Gasteiger partial charge is 0.368 e. The molecule has 1 amide bonds. The molecule has 1 aromatic heterocycles. The molecule has 0 saturated carbocycles. The second kappa shape index (κ2) is 3.89. The summed E-state index contributed by atoms with van der Waals surface area (Å²) < 4.78 is 37.3. The predicted octanol–water partition coefficient (Wildman–Crippen LogP) is -0.286. The zero-order valence-electron chi connectivity index (χ0n) is 7.53. The van der Waals surface area contributed by atoms with Gasteiger partial charge in [-0.3, -0.25) is 9.48 Å². The van der Waals surface area contributed by atoms with Crippen LogP contribution in [-0.4, -0.2) is 21.7 Å². The number of hydrogen-bond donors (Lipinski definition) is 2. The van der Waals surface area contributed by atoms with Crippen molar-refractivity contribution in [2.24, 2.45) is 11.5 Å². The number of halogens is 3. The number of aromatic nitrogens is 2. The number of rotatable bonds is 3. The van der Waals surface area contributed by atoms with E-state index >= 15 is 0 Å². The van der Waals surface area contributed by atoms with Gasteiger partial charge in [-0.15, -0.1) is 0 Å². The maximum absolute atomic E-state index is 12.1. The normalized spacial score (nSPS) is 13.9. The molecule has 1 atom stereocenters. The minimum Gasteiger partial charge on any atom is -0.368 e. The van der Waals surface area contributed by atoms with E-state index in [1.807, 2.05) is 0 Å². The van der Waals surface area contributed by atoms with Crippen molar-refractivity contribution in [3.05, 3.63) is 18.0 Å². The van der Waals surface area contributed by atoms with Crippen molar-refractivity contribution < 1.29 is 18.0 Å².